The highest BCUT2D eigenvalue weighted by Crippen LogP contribution is 2.32. The summed E-state index contributed by atoms with van der Waals surface area (Å²) in [5.41, 5.74) is 1.79. The number of imidazole rings is 1. The van der Waals surface area contributed by atoms with Gasteiger partial charge in [0.2, 0.25) is 0 Å². The molecule has 1 heterocycles. The predicted molar refractivity (Wildman–Crippen MR) is 78.4 cm³/mol. The minimum absolute atomic E-state index is 0.422. The van der Waals surface area contributed by atoms with Crippen molar-refractivity contribution in [2.24, 2.45) is 0 Å². The van der Waals surface area contributed by atoms with Gasteiger partial charge in [0.25, 0.3) is 0 Å². The minimum Gasteiger partial charge on any atom is -0.493 e. The molecule has 0 aliphatic heterocycles. The Morgan fingerprint density at radius 2 is 1.90 bits per heavy atom. The lowest BCUT2D eigenvalue weighted by Crippen LogP contribution is -2.05. The lowest BCUT2D eigenvalue weighted by Gasteiger charge is -2.10. The highest BCUT2D eigenvalue weighted by atomic mass is 16.5. The molecule has 2 aromatic rings. The molecule has 6 nitrogen and oxygen atoms in total. The molecule has 0 fully saturated rings. The predicted octanol–water partition coefficient (Wildman–Crippen LogP) is 2.50. The number of aryl methyl sites for hydroxylation is 1. The SMILES string of the molecule is COCc1nc2cc(OC)c(OC)cc2n1CCCC#N. The summed E-state index contributed by atoms with van der Waals surface area (Å²) in [7, 11) is 4.85. The largest absolute Gasteiger partial charge is 0.493 e. The number of methoxy groups -OCH3 is 3. The zero-order valence-corrected chi connectivity index (χ0v) is 12.5. The van der Waals surface area contributed by atoms with Crippen LogP contribution in [0.2, 0.25) is 0 Å². The number of nitriles is 1. The molecule has 0 saturated carbocycles. The summed E-state index contributed by atoms with van der Waals surface area (Å²) < 4.78 is 17.9. The fraction of sp³-hybridized carbons (Fsp3) is 0.467. The van der Waals surface area contributed by atoms with Gasteiger partial charge >= 0.3 is 0 Å². The third-order valence-electron chi connectivity index (χ3n) is 3.28. The number of fused-ring (bicyclic) bond motifs is 1. The maximum Gasteiger partial charge on any atom is 0.163 e. The van der Waals surface area contributed by atoms with Gasteiger partial charge in [0.1, 0.15) is 12.4 Å². The second kappa shape index (κ2) is 6.95. The topological polar surface area (TPSA) is 69.3 Å². The maximum atomic E-state index is 8.70. The van der Waals surface area contributed by atoms with Crippen molar-refractivity contribution in [1.29, 1.82) is 5.26 Å². The molecule has 0 bridgehead atoms. The summed E-state index contributed by atoms with van der Waals surface area (Å²) in [6, 6.07) is 5.93. The number of nitrogens with zero attached hydrogens (tertiary/aromatic N) is 3. The summed E-state index contributed by atoms with van der Waals surface area (Å²) in [4.78, 5) is 4.58. The third kappa shape index (κ3) is 3.09. The van der Waals surface area contributed by atoms with E-state index >= 15 is 0 Å². The van der Waals surface area contributed by atoms with Gasteiger partial charge in [-0.2, -0.15) is 5.26 Å². The van der Waals surface area contributed by atoms with Crippen LogP contribution in [0.15, 0.2) is 12.1 Å². The summed E-state index contributed by atoms with van der Waals surface area (Å²) >= 11 is 0. The van der Waals surface area contributed by atoms with E-state index in [-0.39, 0.29) is 0 Å². The van der Waals surface area contributed by atoms with Crippen LogP contribution in [0.3, 0.4) is 0 Å². The zero-order valence-electron chi connectivity index (χ0n) is 12.5. The van der Waals surface area contributed by atoms with Gasteiger partial charge in [0, 0.05) is 32.2 Å². The Bertz CT molecular complexity index is 658. The van der Waals surface area contributed by atoms with Gasteiger partial charge in [-0.15, -0.1) is 0 Å². The average molecular weight is 289 g/mol. The first-order valence-corrected chi connectivity index (χ1v) is 6.72. The van der Waals surface area contributed by atoms with E-state index in [2.05, 4.69) is 15.6 Å². The number of aromatic nitrogens is 2. The summed E-state index contributed by atoms with van der Waals surface area (Å²) in [5, 5.41) is 8.70. The highest BCUT2D eigenvalue weighted by molar-refractivity contribution is 5.80. The maximum absolute atomic E-state index is 8.70. The average Bonchev–Trinajstić information content (AvgIpc) is 2.83. The molecule has 1 aromatic heterocycles. The third-order valence-corrected chi connectivity index (χ3v) is 3.28. The molecule has 21 heavy (non-hydrogen) atoms. The van der Waals surface area contributed by atoms with Crippen molar-refractivity contribution in [3.8, 4) is 17.6 Å². The minimum atomic E-state index is 0.422. The van der Waals surface area contributed by atoms with Crippen molar-refractivity contribution in [2.75, 3.05) is 21.3 Å². The van der Waals surface area contributed by atoms with E-state index in [9.17, 15) is 0 Å². The lowest BCUT2D eigenvalue weighted by atomic mass is 10.2. The van der Waals surface area contributed by atoms with Gasteiger partial charge in [-0.05, 0) is 6.42 Å². The van der Waals surface area contributed by atoms with Crippen LogP contribution < -0.4 is 9.47 Å². The second-order valence-electron chi connectivity index (χ2n) is 4.57. The van der Waals surface area contributed by atoms with Crippen LogP contribution in [0.1, 0.15) is 18.7 Å². The molecule has 0 radical (unpaired) electrons. The Hall–Kier alpha value is -2.26. The van der Waals surface area contributed by atoms with Crippen LogP contribution in [0.4, 0.5) is 0 Å². The van der Waals surface area contributed by atoms with Gasteiger partial charge < -0.3 is 18.8 Å². The Labute approximate surface area is 123 Å². The molecular weight excluding hydrogens is 270 g/mol. The quantitative estimate of drug-likeness (QED) is 0.732. The number of hydrogen-bond acceptors (Lipinski definition) is 5. The van der Waals surface area contributed by atoms with Gasteiger partial charge in [-0.3, -0.25) is 0 Å². The van der Waals surface area contributed by atoms with Crippen LogP contribution >= 0.6 is 0 Å². The molecule has 0 amide bonds. The summed E-state index contributed by atoms with van der Waals surface area (Å²) in [6.07, 6.45) is 1.28. The van der Waals surface area contributed by atoms with Crippen LogP contribution in [0.25, 0.3) is 11.0 Å². The summed E-state index contributed by atoms with van der Waals surface area (Å²) in [5.74, 6) is 2.15. The highest BCUT2D eigenvalue weighted by Gasteiger charge is 2.14. The van der Waals surface area contributed by atoms with Crippen LogP contribution in [-0.4, -0.2) is 30.9 Å². The van der Waals surface area contributed by atoms with Crippen molar-refractivity contribution >= 4 is 11.0 Å². The van der Waals surface area contributed by atoms with Gasteiger partial charge in [0.15, 0.2) is 11.5 Å². The van der Waals surface area contributed by atoms with E-state index in [1.807, 2.05) is 12.1 Å². The molecule has 6 heteroatoms. The number of unbranched alkanes of at least 4 members (excludes halogenated alkanes) is 1. The molecule has 0 aliphatic carbocycles. The van der Waals surface area contributed by atoms with E-state index < -0.39 is 0 Å². The van der Waals surface area contributed by atoms with Gasteiger partial charge in [-0.25, -0.2) is 4.98 Å². The molecule has 0 spiro atoms. The van der Waals surface area contributed by atoms with Crippen molar-refractivity contribution in [2.45, 2.75) is 26.0 Å². The Balaban J connectivity index is 2.50. The van der Waals surface area contributed by atoms with E-state index in [1.165, 1.54) is 0 Å². The standard InChI is InChI=1S/C15H19N3O3/c1-19-10-15-17-11-8-13(20-2)14(21-3)9-12(11)18(15)7-5-4-6-16/h8-9H,4-5,7,10H2,1-3H3. The first-order chi connectivity index (χ1) is 10.2. The van der Waals surface area contributed by atoms with Crippen molar-refractivity contribution in [3.05, 3.63) is 18.0 Å². The number of ether oxygens (including phenoxy) is 3. The Morgan fingerprint density at radius 1 is 1.19 bits per heavy atom. The Kier molecular flexibility index (Phi) is 5.01. The smallest absolute Gasteiger partial charge is 0.163 e. The number of hydrogen-bond donors (Lipinski definition) is 0. The number of rotatable bonds is 7. The van der Waals surface area contributed by atoms with E-state index in [1.54, 1.807) is 21.3 Å². The molecule has 2 rings (SSSR count). The van der Waals surface area contributed by atoms with Crippen molar-refractivity contribution in [3.63, 3.8) is 0 Å². The molecule has 1 aromatic carbocycles. The van der Waals surface area contributed by atoms with Crippen LogP contribution in [0.5, 0.6) is 11.5 Å². The van der Waals surface area contributed by atoms with Crippen molar-refractivity contribution in [1.82, 2.24) is 9.55 Å². The fourth-order valence-corrected chi connectivity index (χ4v) is 2.31. The molecule has 0 aliphatic rings. The molecule has 112 valence electrons. The first kappa shape index (κ1) is 15.1. The van der Waals surface area contributed by atoms with Gasteiger partial charge in [-0.1, -0.05) is 0 Å². The zero-order chi connectivity index (χ0) is 15.2. The first-order valence-electron chi connectivity index (χ1n) is 6.72. The normalized spacial score (nSPS) is 10.6. The van der Waals surface area contributed by atoms with Crippen molar-refractivity contribution < 1.29 is 14.2 Å². The second-order valence-corrected chi connectivity index (χ2v) is 4.57. The fourth-order valence-electron chi connectivity index (χ4n) is 2.31. The van der Waals surface area contributed by atoms with E-state index in [0.717, 1.165) is 29.8 Å². The lowest BCUT2D eigenvalue weighted by molar-refractivity contribution is 0.174. The summed E-state index contributed by atoms with van der Waals surface area (Å²) in [6.45, 7) is 1.14. The van der Waals surface area contributed by atoms with Crippen LogP contribution in [-0.2, 0) is 17.9 Å². The molecular formula is C15H19N3O3. The molecule has 0 atom stereocenters. The van der Waals surface area contributed by atoms with E-state index in [4.69, 9.17) is 19.5 Å². The van der Waals surface area contributed by atoms with Crippen LogP contribution in [0, 0.1) is 11.3 Å². The van der Waals surface area contributed by atoms with Gasteiger partial charge in [0.05, 0.1) is 31.3 Å². The van der Waals surface area contributed by atoms with E-state index in [0.29, 0.717) is 24.5 Å². The number of benzene rings is 1. The Morgan fingerprint density at radius 3 is 2.52 bits per heavy atom. The molecule has 0 saturated heterocycles. The molecule has 0 N–H and O–H groups in total. The molecule has 0 unspecified atom stereocenters. The monoisotopic (exact) mass is 289 g/mol.